The fourth-order valence-electron chi connectivity index (χ4n) is 0.917. The Bertz CT molecular complexity index is 74.9. The Labute approximate surface area is 49.5 Å². The fraction of sp³-hybridized carbons (Fsp3) is 0.833. The third-order valence-electron chi connectivity index (χ3n) is 1.50. The maximum absolute atomic E-state index is 12.3. The highest BCUT2D eigenvalue weighted by Gasteiger charge is 2.19. The first-order valence-electron chi connectivity index (χ1n) is 3.02. The zero-order valence-corrected chi connectivity index (χ0v) is 5.10. The summed E-state index contributed by atoms with van der Waals surface area (Å²) < 4.78 is 12.3. The molecule has 0 aromatic carbocycles. The highest BCUT2D eigenvalue weighted by Crippen LogP contribution is 2.09. The van der Waals surface area contributed by atoms with E-state index in [0.717, 1.165) is 13.1 Å². The van der Waals surface area contributed by atoms with E-state index in [-0.39, 0.29) is 0 Å². The molecule has 1 atom stereocenters. The molecule has 1 unspecified atom stereocenters. The van der Waals surface area contributed by atoms with Crippen molar-refractivity contribution in [1.82, 2.24) is 4.90 Å². The van der Waals surface area contributed by atoms with Gasteiger partial charge in [0.1, 0.15) is 6.17 Å². The minimum absolute atomic E-state index is 0.608. The smallest absolute Gasteiger partial charge is 0.117 e. The summed E-state index contributed by atoms with van der Waals surface area (Å²) in [6.07, 6.45) is 1.04. The second-order valence-corrected chi connectivity index (χ2v) is 2.10. The predicted molar refractivity (Wildman–Crippen MR) is 31.3 cm³/mol. The van der Waals surface area contributed by atoms with Crippen LogP contribution >= 0.6 is 0 Å². The Kier molecular flexibility index (Phi) is 1.84. The topological polar surface area (TPSA) is 3.24 Å². The normalized spacial score (nSPS) is 31.5. The molecule has 0 aromatic rings. The maximum Gasteiger partial charge on any atom is 0.117 e. The van der Waals surface area contributed by atoms with Crippen molar-refractivity contribution >= 4 is 0 Å². The van der Waals surface area contributed by atoms with E-state index in [9.17, 15) is 4.39 Å². The van der Waals surface area contributed by atoms with Crippen LogP contribution in [0.15, 0.2) is 0 Å². The van der Waals surface area contributed by atoms with Crippen LogP contribution in [0, 0.1) is 6.42 Å². The Morgan fingerprint density at radius 3 is 2.88 bits per heavy atom. The summed E-state index contributed by atoms with van der Waals surface area (Å²) in [5.74, 6) is 0. The lowest BCUT2D eigenvalue weighted by molar-refractivity contribution is 0.302. The van der Waals surface area contributed by atoms with Crippen LogP contribution in [-0.2, 0) is 0 Å². The molecule has 47 valence electrons. The monoisotopic (exact) mass is 116 g/mol. The molecule has 0 amide bonds. The molecule has 1 nitrogen and oxygen atoms in total. The molecule has 0 aliphatic carbocycles. The van der Waals surface area contributed by atoms with Crippen LogP contribution in [0.1, 0.15) is 6.92 Å². The lowest BCUT2D eigenvalue weighted by atomic mass is 10.3. The molecule has 1 radical (unpaired) electrons. The van der Waals surface area contributed by atoms with Gasteiger partial charge in [0, 0.05) is 19.5 Å². The van der Waals surface area contributed by atoms with Crippen LogP contribution < -0.4 is 0 Å². The van der Waals surface area contributed by atoms with Gasteiger partial charge in [-0.2, -0.15) is 0 Å². The predicted octanol–water partition coefficient (Wildman–Crippen LogP) is 0.864. The third kappa shape index (κ3) is 1.19. The summed E-state index contributed by atoms with van der Waals surface area (Å²) in [4.78, 5) is 2.07. The van der Waals surface area contributed by atoms with E-state index in [4.69, 9.17) is 0 Å². The largest absolute Gasteiger partial charge is 0.300 e. The van der Waals surface area contributed by atoms with Crippen LogP contribution in [-0.4, -0.2) is 30.7 Å². The summed E-state index contributed by atoms with van der Waals surface area (Å²) in [6, 6.07) is 0. The van der Waals surface area contributed by atoms with Gasteiger partial charge in [-0.1, -0.05) is 6.92 Å². The van der Waals surface area contributed by atoms with E-state index < -0.39 is 6.17 Å². The van der Waals surface area contributed by atoms with Gasteiger partial charge in [-0.05, 0) is 6.54 Å². The zero-order chi connectivity index (χ0) is 5.98. The summed E-state index contributed by atoms with van der Waals surface area (Å²) >= 11 is 0. The highest BCUT2D eigenvalue weighted by molar-refractivity contribution is 4.89. The van der Waals surface area contributed by atoms with Gasteiger partial charge in [0.05, 0.1) is 0 Å². The molecule has 0 aromatic heterocycles. The Balaban J connectivity index is 2.22. The van der Waals surface area contributed by atoms with Gasteiger partial charge in [0.2, 0.25) is 0 Å². The van der Waals surface area contributed by atoms with E-state index in [2.05, 4.69) is 4.90 Å². The van der Waals surface area contributed by atoms with Gasteiger partial charge in [0.25, 0.3) is 0 Å². The summed E-state index contributed by atoms with van der Waals surface area (Å²) in [6.45, 7) is 4.46. The van der Waals surface area contributed by atoms with E-state index in [1.807, 2.05) is 6.92 Å². The third-order valence-corrected chi connectivity index (χ3v) is 1.50. The molecule has 1 rings (SSSR count). The molecular formula is C6H11FN. The molecule has 8 heavy (non-hydrogen) atoms. The van der Waals surface area contributed by atoms with Gasteiger partial charge >= 0.3 is 0 Å². The van der Waals surface area contributed by atoms with Crippen LogP contribution in [0.5, 0.6) is 0 Å². The van der Waals surface area contributed by atoms with Crippen LogP contribution in [0.2, 0.25) is 0 Å². The van der Waals surface area contributed by atoms with Gasteiger partial charge in [-0.25, -0.2) is 4.39 Å². The van der Waals surface area contributed by atoms with Crippen LogP contribution in [0.4, 0.5) is 4.39 Å². The second-order valence-electron chi connectivity index (χ2n) is 2.10. The van der Waals surface area contributed by atoms with Gasteiger partial charge in [0.15, 0.2) is 0 Å². The summed E-state index contributed by atoms with van der Waals surface area (Å²) in [7, 11) is 0. The maximum atomic E-state index is 12.3. The number of hydrogen-bond donors (Lipinski definition) is 0. The van der Waals surface area contributed by atoms with Crippen molar-refractivity contribution in [2.45, 2.75) is 13.1 Å². The summed E-state index contributed by atoms with van der Waals surface area (Å²) in [5.41, 5.74) is 0. The molecule has 1 heterocycles. The number of hydrogen-bond acceptors (Lipinski definition) is 1. The molecule has 2 heteroatoms. The summed E-state index contributed by atoms with van der Waals surface area (Å²) in [5, 5.41) is 0. The van der Waals surface area contributed by atoms with Gasteiger partial charge in [-0.15, -0.1) is 0 Å². The first-order valence-corrected chi connectivity index (χ1v) is 3.02. The first kappa shape index (κ1) is 6.02. The van der Waals surface area contributed by atoms with Crippen molar-refractivity contribution in [3.05, 3.63) is 6.42 Å². The molecule has 0 spiro atoms. The Hall–Kier alpha value is -0.110. The quantitative estimate of drug-likeness (QED) is 0.491. The van der Waals surface area contributed by atoms with Crippen LogP contribution in [0.3, 0.4) is 0 Å². The van der Waals surface area contributed by atoms with Crippen molar-refractivity contribution in [3.63, 3.8) is 0 Å². The van der Waals surface area contributed by atoms with Gasteiger partial charge in [-0.3, -0.25) is 0 Å². The SMILES string of the molecule is CCN1C[CH]C(F)C1. The first-order chi connectivity index (χ1) is 3.83. The standard InChI is InChI=1S/C6H11FN/c1-2-8-4-3-6(7)5-8/h3,6H,2,4-5H2,1H3. The molecule has 1 aliphatic rings. The number of alkyl halides is 1. The number of likely N-dealkylation sites (tertiary alicyclic amines) is 1. The van der Waals surface area contributed by atoms with E-state index in [1.165, 1.54) is 0 Å². The van der Waals surface area contributed by atoms with E-state index in [1.54, 1.807) is 6.42 Å². The van der Waals surface area contributed by atoms with Crippen molar-refractivity contribution in [3.8, 4) is 0 Å². The minimum Gasteiger partial charge on any atom is -0.300 e. The molecular weight excluding hydrogens is 105 g/mol. The van der Waals surface area contributed by atoms with E-state index in [0.29, 0.717) is 6.54 Å². The molecule has 0 N–H and O–H groups in total. The Morgan fingerprint density at radius 2 is 2.62 bits per heavy atom. The molecule has 0 bridgehead atoms. The lowest BCUT2D eigenvalue weighted by Crippen LogP contribution is -2.19. The number of nitrogens with zero attached hydrogens (tertiary/aromatic N) is 1. The van der Waals surface area contributed by atoms with Gasteiger partial charge < -0.3 is 4.90 Å². The van der Waals surface area contributed by atoms with Crippen molar-refractivity contribution in [2.24, 2.45) is 0 Å². The molecule has 1 aliphatic heterocycles. The lowest BCUT2D eigenvalue weighted by Gasteiger charge is -2.08. The molecule has 1 saturated heterocycles. The van der Waals surface area contributed by atoms with Crippen molar-refractivity contribution in [2.75, 3.05) is 19.6 Å². The van der Waals surface area contributed by atoms with Crippen molar-refractivity contribution in [1.29, 1.82) is 0 Å². The number of halogens is 1. The molecule has 1 fully saturated rings. The van der Waals surface area contributed by atoms with Crippen LogP contribution in [0.25, 0.3) is 0 Å². The average molecular weight is 116 g/mol. The fourth-order valence-corrected chi connectivity index (χ4v) is 0.917. The second kappa shape index (κ2) is 2.44. The highest BCUT2D eigenvalue weighted by atomic mass is 19.1. The molecule has 0 saturated carbocycles. The Morgan fingerprint density at radius 1 is 1.88 bits per heavy atom. The van der Waals surface area contributed by atoms with Crippen molar-refractivity contribution < 1.29 is 4.39 Å². The zero-order valence-electron chi connectivity index (χ0n) is 5.10. The number of rotatable bonds is 1. The van der Waals surface area contributed by atoms with E-state index >= 15 is 0 Å². The minimum atomic E-state index is -0.671. The average Bonchev–Trinajstić information content (AvgIpc) is 2.14.